The van der Waals surface area contributed by atoms with E-state index in [4.69, 9.17) is 0 Å². The smallest absolute Gasteiger partial charge is 0.152 e. The Kier molecular flexibility index (Phi) is 2.37. The molecule has 3 rings (SSSR count). The standard InChI is InChI=1S/C13H10N4O/c1-17-6-10(7-18)11-12(15-8-16-13(11)17)9-3-2-4-14-5-9/h2-8H,1H3. The van der Waals surface area contributed by atoms with Crippen LogP contribution in [0, 0.1) is 0 Å². The molecule has 3 aromatic rings. The first-order valence-electron chi connectivity index (χ1n) is 5.47. The first-order chi connectivity index (χ1) is 8.81. The van der Waals surface area contributed by atoms with Crippen LogP contribution in [0.25, 0.3) is 22.3 Å². The summed E-state index contributed by atoms with van der Waals surface area (Å²) in [5.74, 6) is 0. The lowest BCUT2D eigenvalue weighted by molar-refractivity contribution is 0.112. The van der Waals surface area contributed by atoms with Crippen molar-refractivity contribution in [3.63, 3.8) is 0 Å². The summed E-state index contributed by atoms with van der Waals surface area (Å²) in [4.78, 5) is 23.7. The van der Waals surface area contributed by atoms with Crippen molar-refractivity contribution >= 4 is 17.3 Å². The largest absolute Gasteiger partial charge is 0.335 e. The van der Waals surface area contributed by atoms with Gasteiger partial charge in [0.05, 0.1) is 11.1 Å². The van der Waals surface area contributed by atoms with Gasteiger partial charge >= 0.3 is 0 Å². The number of carbonyl (C=O) groups excluding carboxylic acids is 1. The lowest BCUT2D eigenvalue weighted by Crippen LogP contribution is -1.92. The molecule has 0 saturated heterocycles. The molecule has 0 unspecified atom stereocenters. The van der Waals surface area contributed by atoms with Gasteiger partial charge in [-0.2, -0.15) is 0 Å². The van der Waals surface area contributed by atoms with Crippen LogP contribution >= 0.6 is 0 Å². The zero-order valence-electron chi connectivity index (χ0n) is 9.74. The fourth-order valence-corrected chi connectivity index (χ4v) is 2.05. The van der Waals surface area contributed by atoms with E-state index in [2.05, 4.69) is 15.0 Å². The first-order valence-corrected chi connectivity index (χ1v) is 5.47. The molecule has 0 aromatic carbocycles. The molecule has 18 heavy (non-hydrogen) atoms. The van der Waals surface area contributed by atoms with Crippen LogP contribution in [0.2, 0.25) is 0 Å². The molecule has 0 radical (unpaired) electrons. The summed E-state index contributed by atoms with van der Waals surface area (Å²) < 4.78 is 1.82. The molecule has 3 heterocycles. The van der Waals surface area contributed by atoms with Crippen LogP contribution in [0.1, 0.15) is 10.4 Å². The number of aryl methyl sites for hydroxylation is 1. The van der Waals surface area contributed by atoms with Crippen LogP contribution in [-0.4, -0.2) is 25.8 Å². The molecule has 5 nitrogen and oxygen atoms in total. The highest BCUT2D eigenvalue weighted by molar-refractivity contribution is 6.03. The molecule has 0 aliphatic rings. The van der Waals surface area contributed by atoms with E-state index >= 15 is 0 Å². The van der Waals surface area contributed by atoms with Crippen molar-refractivity contribution < 1.29 is 4.79 Å². The minimum Gasteiger partial charge on any atom is -0.335 e. The van der Waals surface area contributed by atoms with Crippen LogP contribution < -0.4 is 0 Å². The molecule has 88 valence electrons. The number of aldehydes is 1. The molecule has 3 aromatic heterocycles. The number of rotatable bonds is 2. The summed E-state index contributed by atoms with van der Waals surface area (Å²) in [5.41, 5.74) is 2.94. The zero-order chi connectivity index (χ0) is 12.5. The van der Waals surface area contributed by atoms with E-state index in [0.717, 1.165) is 28.6 Å². The molecular formula is C13H10N4O. The van der Waals surface area contributed by atoms with E-state index in [0.29, 0.717) is 5.56 Å². The normalized spacial score (nSPS) is 10.7. The van der Waals surface area contributed by atoms with Gasteiger partial charge in [0.1, 0.15) is 12.0 Å². The summed E-state index contributed by atoms with van der Waals surface area (Å²) in [6, 6.07) is 3.75. The van der Waals surface area contributed by atoms with E-state index in [1.54, 1.807) is 18.6 Å². The molecular weight excluding hydrogens is 228 g/mol. The monoisotopic (exact) mass is 238 g/mol. The summed E-state index contributed by atoms with van der Waals surface area (Å²) in [6.07, 6.45) is 7.51. The number of carbonyl (C=O) groups is 1. The van der Waals surface area contributed by atoms with E-state index in [1.807, 2.05) is 23.7 Å². The summed E-state index contributed by atoms with van der Waals surface area (Å²) >= 11 is 0. The van der Waals surface area contributed by atoms with Crippen molar-refractivity contribution in [2.24, 2.45) is 7.05 Å². The highest BCUT2D eigenvalue weighted by Gasteiger charge is 2.13. The minimum atomic E-state index is 0.590. The number of hydrogen-bond donors (Lipinski definition) is 0. The second-order valence-corrected chi connectivity index (χ2v) is 3.98. The van der Waals surface area contributed by atoms with Gasteiger partial charge in [0.2, 0.25) is 0 Å². The molecule has 0 bridgehead atoms. The van der Waals surface area contributed by atoms with Crippen LogP contribution in [0.5, 0.6) is 0 Å². The van der Waals surface area contributed by atoms with Gasteiger partial charge in [0, 0.05) is 36.8 Å². The second kappa shape index (κ2) is 4.03. The van der Waals surface area contributed by atoms with Gasteiger partial charge in [0.25, 0.3) is 0 Å². The number of nitrogens with zero attached hydrogens (tertiary/aromatic N) is 4. The van der Waals surface area contributed by atoms with Crippen molar-refractivity contribution in [1.29, 1.82) is 0 Å². The van der Waals surface area contributed by atoms with E-state index < -0.39 is 0 Å². The summed E-state index contributed by atoms with van der Waals surface area (Å²) in [7, 11) is 1.86. The Bertz CT molecular complexity index is 718. The Labute approximate surface area is 103 Å². The SMILES string of the molecule is Cn1cc(C=O)c2c(-c3cccnc3)ncnc21. The molecule has 0 N–H and O–H groups in total. The number of hydrogen-bond acceptors (Lipinski definition) is 4. The minimum absolute atomic E-state index is 0.590. The molecule has 0 amide bonds. The van der Waals surface area contributed by atoms with Crippen molar-refractivity contribution in [2.45, 2.75) is 0 Å². The van der Waals surface area contributed by atoms with Gasteiger partial charge in [-0.3, -0.25) is 9.78 Å². The van der Waals surface area contributed by atoms with Gasteiger partial charge in [-0.05, 0) is 12.1 Å². The molecule has 0 aliphatic heterocycles. The van der Waals surface area contributed by atoms with E-state index in [1.165, 1.54) is 6.33 Å². The molecule has 0 aliphatic carbocycles. The maximum Gasteiger partial charge on any atom is 0.152 e. The first kappa shape index (κ1) is 10.6. The summed E-state index contributed by atoms with van der Waals surface area (Å²) in [6.45, 7) is 0. The third kappa shape index (κ3) is 1.48. The second-order valence-electron chi connectivity index (χ2n) is 3.98. The van der Waals surface area contributed by atoms with Crippen LogP contribution in [0.3, 0.4) is 0 Å². The summed E-state index contributed by atoms with van der Waals surface area (Å²) in [5, 5.41) is 0.767. The molecule has 5 heteroatoms. The Morgan fingerprint density at radius 3 is 2.94 bits per heavy atom. The lowest BCUT2D eigenvalue weighted by atomic mass is 10.1. The van der Waals surface area contributed by atoms with Gasteiger partial charge < -0.3 is 4.57 Å². The third-order valence-corrected chi connectivity index (χ3v) is 2.84. The molecule has 0 spiro atoms. The predicted molar refractivity (Wildman–Crippen MR) is 67.1 cm³/mol. The van der Waals surface area contributed by atoms with Gasteiger partial charge in [-0.1, -0.05) is 0 Å². The van der Waals surface area contributed by atoms with Gasteiger partial charge in [0.15, 0.2) is 6.29 Å². The van der Waals surface area contributed by atoms with Crippen LogP contribution in [0.15, 0.2) is 37.1 Å². The maximum atomic E-state index is 11.1. The van der Waals surface area contributed by atoms with Crippen molar-refractivity contribution in [3.05, 3.63) is 42.6 Å². The van der Waals surface area contributed by atoms with Crippen LogP contribution in [0.4, 0.5) is 0 Å². The number of pyridine rings is 1. The molecule has 0 fully saturated rings. The third-order valence-electron chi connectivity index (χ3n) is 2.84. The Balaban J connectivity index is 2.40. The van der Waals surface area contributed by atoms with Gasteiger partial charge in [-0.25, -0.2) is 9.97 Å². The Morgan fingerprint density at radius 1 is 1.33 bits per heavy atom. The number of aromatic nitrogens is 4. The average Bonchev–Trinajstić information content (AvgIpc) is 2.77. The number of fused-ring (bicyclic) bond motifs is 1. The topological polar surface area (TPSA) is 60.7 Å². The highest BCUT2D eigenvalue weighted by atomic mass is 16.1. The fourth-order valence-electron chi connectivity index (χ4n) is 2.05. The zero-order valence-corrected chi connectivity index (χ0v) is 9.74. The molecule has 0 atom stereocenters. The van der Waals surface area contributed by atoms with Crippen LogP contribution in [-0.2, 0) is 7.05 Å². The lowest BCUT2D eigenvalue weighted by Gasteiger charge is -2.02. The highest BCUT2D eigenvalue weighted by Crippen LogP contribution is 2.27. The van der Waals surface area contributed by atoms with Gasteiger partial charge in [-0.15, -0.1) is 0 Å². The molecule has 0 saturated carbocycles. The maximum absolute atomic E-state index is 11.1. The predicted octanol–water partition coefficient (Wildman–Crippen LogP) is 1.84. The Morgan fingerprint density at radius 2 is 2.22 bits per heavy atom. The van der Waals surface area contributed by atoms with Crippen molar-refractivity contribution in [2.75, 3.05) is 0 Å². The fraction of sp³-hybridized carbons (Fsp3) is 0.0769. The quantitative estimate of drug-likeness (QED) is 0.639. The van der Waals surface area contributed by atoms with Crippen molar-refractivity contribution in [3.8, 4) is 11.3 Å². The average molecular weight is 238 g/mol. The van der Waals surface area contributed by atoms with E-state index in [-0.39, 0.29) is 0 Å². The van der Waals surface area contributed by atoms with E-state index in [9.17, 15) is 4.79 Å². The Hall–Kier alpha value is -2.56. The van der Waals surface area contributed by atoms with Crippen molar-refractivity contribution in [1.82, 2.24) is 19.5 Å².